The number of ketones is 1. The standard InChI is InChI=1S/C30H23NO4/c1-19-28(25-10-6-7-11-26(25)31-29(19)20-8-4-3-5-9-20)30(33)35-18-27(32)23-13-12-22-17-24(34-2)15-14-21(22)16-23/h3-17H,18H2,1-2H3. The van der Waals surface area contributed by atoms with Crippen molar-refractivity contribution in [1.82, 2.24) is 4.98 Å². The summed E-state index contributed by atoms with van der Waals surface area (Å²) in [6.45, 7) is 1.51. The highest BCUT2D eigenvalue weighted by molar-refractivity contribution is 6.08. The second-order valence-corrected chi connectivity index (χ2v) is 8.27. The first kappa shape index (κ1) is 22.3. The van der Waals surface area contributed by atoms with Crippen molar-refractivity contribution in [3.05, 3.63) is 108 Å². The third-order valence-electron chi connectivity index (χ3n) is 6.09. The van der Waals surface area contributed by atoms with Crippen LogP contribution in [0, 0.1) is 6.92 Å². The molecule has 0 saturated heterocycles. The third kappa shape index (κ3) is 4.36. The van der Waals surface area contributed by atoms with Crippen LogP contribution < -0.4 is 4.74 Å². The lowest BCUT2D eigenvalue weighted by molar-refractivity contribution is 0.0476. The van der Waals surface area contributed by atoms with Crippen molar-refractivity contribution in [2.75, 3.05) is 13.7 Å². The number of nitrogens with zero attached hydrogens (tertiary/aromatic N) is 1. The van der Waals surface area contributed by atoms with E-state index >= 15 is 0 Å². The molecule has 172 valence electrons. The first-order valence-electron chi connectivity index (χ1n) is 11.3. The Bertz CT molecular complexity index is 1570. The Morgan fingerprint density at radius 3 is 2.34 bits per heavy atom. The number of hydrogen-bond donors (Lipinski definition) is 0. The van der Waals surface area contributed by atoms with Gasteiger partial charge in [0.05, 0.1) is 23.9 Å². The molecule has 0 fully saturated rings. The van der Waals surface area contributed by atoms with Crippen LogP contribution >= 0.6 is 0 Å². The molecule has 0 N–H and O–H groups in total. The van der Waals surface area contributed by atoms with Gasteiger partial charge in [-0.15, -0.1) is 0 Å². The molecule has 5 aromatic rings. The van der Waals surface area contributed by atoms with Gasteiger partial charge >= 0.3 is 5.97 Å². The average Bonchev–Trinajstić information content (AvgIpc) is 2.91. The van der Waals surface area contributed by atoms with Gasteiger partial charge in [0.25, 0.3) is 0 Å². The molecular weight excluding hydrogens is 438 g/mol. The highest BCUT2D eigenvalue weighted by Gasteiger charge is 2.21. The number of aromatic nitrogens is 1. The maximum Gasteiger partial charge on any atom is 0.339 e. The number of pyridine rings is 1. The first-order valence-corrected chi connectivity index (χ1v) is 11.3. The van der Waals surface area contributed by atoms with Gasteiger partial charge in [-0.25, -0.2) is 9.78 Å². The Morgan fingerprint density at radius 1 is 0.829 bits per heavy atom. The van der Waals surface area contributed by atoms with Crippen LogP contribution in [0.4, 0.5) is 0 Å². The van der Waals surface area contributed by atoms with Crippen LogP contribution in [-0.2, 0) is 4.74 Å². The number of para-hydroxylation sites is 1. The Kier molecular flexibility index (Phi) is 5.98. The van der Waals surface area contributed by atoms with E-state index in [2.05, 4.69) is 0 Å². The molecule has 1 aromatic heterocycles. The van der Waals surface area contributed by atoms with Gasteiger partial charge in [0.2, 0.25) is 0 Å². The number of fused-ring (bicyclic) bond motifs is 2. The van der Waals surface area contributed by atoms with E-state index < -0.39 is 5.97 Å². The van der Waals surface area contributed by atoms with Crippen molar-refractivity contribution in [2.45, 2.75) is 6.92 Å². The van der Waals surface area contributed by atoms with E-state index in [1.165, 1.54) is 0 Å². The lowest BCUT2D eigenvalue weighted by Gasteiger charge is -2.14. The summed E-state index contributed by atoms with van der Waals surface area (Å²) >= 11 is 0. The van der Waals surface area contributed by atoms with E-state index in [-0.39, 0.29) is 12.4 Å². The van der Waals surface area contributed by atoms with Gasteiger partial charge < -0.3 is 9.47 Å². The zero-order chi connectivity index (χ0) is 24.4. The quantitative estimate of drug-likeness (QED) is 0.216. The van der Waals surface area contributed by atoms with Crippen LogP contribution in [0.1, 0.15) is 26.3 Å². The minimum atomic E-state index is -0.544. The van der Waals surface area contributed by atoms with Crippen molar-refractivity contribution >= 4 is 33.4 Å². The van der Waals surface area contributed by atoms with Gasteiger partial charge in [0.1, 0.15) is 5.75 Å². The van der Waals surface area contributed by atoms with Gasteiger partial charge in [-0.1, -0.05) is 66.7 Å². The molecule has 0 spiro atoms. The first-order chi connectivity index (χ1) is 17.0. The molecule has 5 heteroatoms. The van der Waals surface area contributed by atoms with Crippen LogP contribution in [0.15, 0.2) is 91.0 Å². The summed E-state index contributed by atoms with van der Waals surface area (Å²) in [5.41, 5.74) is 3.94. The Morgan fingerprint density at radius 2 is 1.54 bits per heavy atom. The molecule has 4 aromatic carbocycles. The van der Waals surface area contributed by atoms with Crippen molar-refractivity contribution in [3.63, 3.8) is 0 Å². The number of ether oxygens (including phenoxy) is 2. The van der Waals surface area contributed by atoms with E-state index in [4.69, 9.17) is 14.5 Å². The number of carbonyl (C=O) groups excluding carboxylic acids is 2. The van der Waals surface area contributed by atoms with Crippen LogP contribution in [0.3, 0.4) is 0 Å². The average molecular weight is 462 g/mol. The number of methoxy groups -OCH3 is 1. The highest BCUT2D eigenvalue weighted by Crippen LogP contribution is 2.30. The maximum atomic E-state index is 13.3. The number of hydrogen-bond acceptors (Lipinski definition) is 5. The normalized spacial score (nSPS) is 10.9. The molecule has 35 heavy (non-hydrogen) atoms. The lowest BCUT2D eigenvalue weighted by atomic mass is 9.98. The van der Waals surface area contributed by atoms with Gasteiger partial charge in [-0.3, -0.25) is 4.79 Å². The zero-order valence-electron chi connectivity index (χ0n) is 19.4. The van der Waals surface area contributed by atoms with Gasteiger partial charge in [-0.2, -0.15) is 0 Å². The van der Waals surface area contributed by atoms with Gasteiger partial charge in [-0.05, 0) is 47.5 Å². The summed E-state index contributed by atoms with van der Waals surface area (Å²) in [6, 6.07) is 28.2. The summed E-state index contributed by atoms with van der Waals surface area (Å²) in [6.07, 6.45) is 0. The fraction of sp³-hybridized carbons (Fsp3) is 0.100. The van der Waals surface area contributed by atoms with Crippen LogP contribution in [-0.4, -0.2) is 30.5 Å². The van der Waals surface area contributed by atoms with Crippen LogP contribution in [0.25, 0.3) is 32.9 Å². The topological polar surface area (TPSA) is 65.5 Å². The number of Topliss-reactive ketones (excluding diaryl/α,β-unsaturated/α-hetero) is 1. The number of carbonyl (C=O) groups is 2. The molecule has 1 heterocycles. The zero-order valence-corrected chi connectivity index (χ0v) is 19.4. The molecule has 0 unspecified atom stereocenters. The van der Waals surface area contributed by atoms with E-state index in [1.807, 2.05) is 85.8 Å². The molecular formula is C30H23NO4. The molecule has 0 saturated carbocycles. The largest absolute Gasteiger partial charge is 0.497 e. The number of esters is 1. The predicted octanol–water partition coefficient (Wildman–Crippen LogP) is 6.41. The second-order valence-electron chi connectivity index (χ2n) is 8.27. The monoisotopic (exact) mass is 461 g/mol. The maximum absolute atomic E-state index is 13.3. The minimum Gasteiger partial charge on any atom is -0.497 e. The molecule has 0 aliphatic rings. The van der Waals surface area contributed by atoms with Crippen molar-refractivity contribution in [1.29, 1.82) is 0 Å². The van der Waals surface area contributed by atoms with E-state index in [0.717, 1.165) is 22.1 Å². The van der Waals surface area contributed by atoms with Crippen LogP contribution in [0.5, 0.6) is 5.75 Å². The summed E-state index contributed by atoms with van der Waals surface area (Å²) in [7, 11) is 1.62. The fourth-order valence-electron chi connectivity index (χ4n) is 4.26. The Hall–Kier alpha value is -4.51. The SMILES string of the molecule is COc1ccc2cc(C(=O)COC(=O)c3c(C)c(-c4ccccc4)nc4ccccc34)ccc2c1. The molecule has 0 bridgehead atoms. The van der Waals surface area contributed by atoms with E-state index in [0.29, 0.717) is 33.3 Å². The lowest BCUT2D eigenvalue weighted by Crippen LogP contribution is -2.16. The summed E-state index contributed by atoms with van der Waals surface area (Å²) in [5.74, 6) is -0.0622. The molecule has 5 nitrogen and oxygen atoms in total. The molecule has 5 rings (SSSR count). The van der Waals surface area contributed by atoms with Crippen molar-refractivity contribution < 1.29 is 19.1 Å². The van der Waals surface area contributed by atoms with Crippen molar-refractivity contribution in [3.8, 4) is 17.0 Å². The predicted molar refractivity (Wildman–Crippen MR) is 137 cm³/mol. The molecule has 0 atom stereocenters. The number of rotatable bonds is 6. The van der Waals surface area contributed by atoms with Gasteiger partial charge in [0.15, 0.2) is 12.4 Å². The Balaban J connectivity index is 1.43. The molecule has 0 aliphatic carbocycles. The van der Waals surface area contributed by atoms with E-state index in [1.54, 1.807) is 19.2 Å². The van der Waals surface area contributed by atoms with Gasteiger partial charge in [0, 0.05) is 16.5 Å². The smallest absolute Gasteiger partial charge is 0.339 e. The molecule has 0 amide bonds. The summed E-state index contributed by atoms with van der Waals surface area (Å²) < 4.78 is 10.8. The van der Waals surface area contributed by atoms with Crippen LogP contribution in [0.2, 0.25) is 0 Å². The van der Waals surface area contributed by atoms with Crippen molar-refractivity contribution in [2.24, 2.45) is 0 Å². The summed E-state index contributed by atoms with van der Waals surface area (Å²) in [4.78, 5) is 30.9. The van der Waals surface area contributed by atoms with E-state index in [9.17, 15) is 9.59 Å². The second kappa shape index (κ2) is 9.39. The number of benzene rings is 4. The molecule has 0 aliphatic heterocycles. The Labute approximate surface area is 203 Å². The molecule has 0 radical (unpaired) electrons. The summed E-state index contributed by atoms with van der Waals surface area (Å²) in [5, 5.41) is 2.57. The highest BCUT2D eigenvalue weighted by atomic mass is 16.5. The third-order valence-corrected chi connectivity index (χ3v) is 6.09. The minimum absolute atomic E-state index is 0.268. The fourth-order valence-corrected chi connectivity index (χ4v) is 4.26.